The van der Waals surface area contributed by atoms with E-state index in [0.717, 1.165) is 11.8 Å². The molecule has 1 aromatic carbocycles. The minimum atomic E-state index is -3.24. The highest BCUT2D eigenvalue weighted by molar-refractivity contribution is 7.88. The van der Waals surface area contributed by atoms with Crippen molar-refractivity contribution in [2.24, 2.45) is 0 Å². The third-order valence-corrected chi connectivity index (χ3v) is 5.68. The van der Waals surface area contributed by atoms with Crippen LogP contribution in [0.1, 0.15) is 12.0 Å². The predicted octanol–water partition coefficient (Wildman–Crippen LogP) is 0.188. The van der Waals surface area contributed by atoms with E-state index in [2.05, 4.69) is 5.32 Å². The Morgan fingerprint density at radius 1 is 1.28 bits per heavy atom. The number of fused-ring (bicyclic) bond motifs is 1. The predicted molar refractivity (Wildman–Crippen MR) is 91.8 cm³/mol. The molecule has 1 unspecified atom stereocenters. The minimum Gasteiger partial charge on any atom is -0.478 e. The lowest BCUT2D eigenvalue weighted by Gasteiger charge is -2.34. The zero-order chi connectivity index (χ0) is 18.2. The Kier molecular flexibility index (Phi) is 4.70. The number of anilines is 1. The van der Waals surface area contributed by atoms with Gasteiger partial charge in [0.25, 0.3) is 5.91 Å². The van der Waals surface area contributed by atoms with E-state index in [1.165, 1.54) is 4.31 Å². The van der Waals surface area contributed by atoms with Crippen LogP contribution in [0.25, 0.3) is 0 Å². The average molecular weight is 367 g/mol. The van der Waals surface area contributed by atoms with Gasteiger partial charge >= 0.3 is 0 Å². The fourth-order valence-corrected chi connectivity index (χ4v) is 3.78. The maximum Gasteiger partial charge on any atom is 0.266 e. The molecule has 1 aromatic rings. The highest BCUT2D eigenvalue weighted by atomic mass is 32.2. The van der Waals surface area contributed by atoms with Crippen molar-refractivity contribution in [1.82, 2.24) is 9.21 Å². The topological polar surface area (TPSA) is 96.0 Å². The van der Waals surface area contributed by atoms with Gasteiger partial charge in [0.2, 0.25) is 15.9 Å². The first-order chi connectivity index (χ1) is 11.7. The van der Waals surface area contributed by atoms with E-state index in [4.69, 9.17) is 4.74 Å². The van der Waals surface area contributed by atoms with Gasteiger partial charge in [-0.15, -0.1) is 0 Å². The average Bonchev–Trinajstić information content (AvgIpc) is 2.55. The zero-order valence-electron chi connectivity index (χ0n) is 14.2. The second-order valence-corrected chi connectivity index (χ2v) is 8.32. The van der Waals surface area contributed by atoms with E-state index in [9.17, 15) is 18.0 Å². The Morgan fingerprint density at radius 2 is 1.96 bits per heavy atom. The molecule has 0 spiro atoms. The van der Waals surface area contributed by atoms with Crippen molar-refractivity contribution in [2.45, 2.75) is 19.4 Å². The van der Waals surface area contributed by atoms with Crippen LogP contribution >= 0.6 is 0 Å². The molecule has 2 amide bonds. The van der Waals surface area contributed by atoms with Crippen LogP contribution in [0, 0.1) is 6.92 Å². The van der Waals surface area contributed by atoms with Gasteiger partial charge in [-0.1, -0.05) is 6.07 Å². The normalized spacial score (nSPS) is 21.3. The van der Waals surface area contributed by atoms with E-state index >= 15 is 0 Å². The molecule has 0 bridgehead atoms. The number of hydrogen-bond acceptors (Lipinski definition) is 5. The number of rotatable bonds is 3. The molecule has 2 heterocycles. The lowest BCUT2D eigenvalue weighted by Crippen LogP contribution is -2.51. The highest BCUT2D eigenvalue weighted by Crippen LogP contribution is 2.31. The number of sulfonamides is 1. The summed E-state index contributed by atoms with van der Waals surface area (Å²) < 4.78 is 30.0. The fourth-order valence-electron chi connectivity index (χ4n) is 2.96. The second kappa shape index (κ2) is 6.64. The monoisotopic (exact) mass is 367 g/mol. The van der Waals surface area contributed by atoms with Crippen LogP contribution in [0.5, 0.6) is 5.75 Å². The number of hydrogen-bond donors (Lipinski definition) is 1. The number of ether oxygens (including phenoxy) is 1. The molecule has 0 radical (unpaired) electrons. The molecule has 1 N–H and O–H groups in total. The SMILES string of the molecule is Cc1ccc2c(c1)NC(=O)C(CC(=O)N1CCN(S(C)(=O)=O)CC1)O2. The Balaban J connectivity index is 1.60. The first kappa shape index (κ1) is 17.7. The van der Waals surface area contributed by atoms with Gasteiger partial charge in [-0.2, -0.15) is 4.31 Å². The first-order valence-corrected chi connectivity index (χ1v) is 9.90. The summed E-state index contributed by atoms with van der Waals surface area (Å²) in [5.74, 6) is -0.0185. The molecule has 1 atom stereocenters. The van der Waals surface area contributed by atoms with Crippen LogP contribution in [0.3, 0.4) is 0 Å². The Bertz CT molecular complexity index is 800. The van der Waals surface area contributed by atoms with Gasteiger partial charge in [-0.05, 0) is 24.6 Å². The van der Waals surface area contributed by atoms with E-state index in [0.29, 0.717) is 24.5 Å². The maximum absolute atomic E-state index is 12.4. The molecular weight excluding hydrogens is 346 g/mol. The van der Waals surface area contributed by atoms with Crippen molar-refractivity contribution in [3.63, 3.8) is 0 Å². The van der Waals surface area contributed by atoms with Crippen LogP contribution in [0.15, 0.2) is 18.2 Å². The zero-order valence-corrected chi connectivity index (χ0v) is 15.0. The summed E-state index contributed by atoms with van der Waals surface area (Å²) in [6.45, 7) is 3.08. The molecule has 1 saturated heterocycles. The summed E-state index contributed by atoms with van der Waals surface area (Å²) in [5, 5.41) is 2.76. The summed E-state index contributed by atoms with van der Waals surface area (Å²) in [5.41, 5.74) is 1.61. The lowest BCUT2D eigenvalue weighted by molar-refractivity contribution is -0.138. The second-order valence-electron chi connectivity index (χ2n) is 6.34. The molecule has 136 valence electrons. The largest absolute Gasteiger partial charge is 0.478 e. The number of nitrogens with one attached hydrogen (secondary N) is 1. The highest BCUT2D eigenvalue weighted by Gasteiger charge is 2.33. The van der Waals surface area contributed by atoms with Gasteiger partial charge < -0.3 is 15.0 Å². The molecule has 2 aliphatic heterocycles. The molecule has 3 rings (SSSR count). The quantitative estimate of drug-likeness (QED) is 0.823. The third-order valence-electron chi connectivity index (χ3n) is 4.37. The molecule has 2 aliphatic rings. The van der Waals surface area contributed by atoms with E-state index in [-0.39, 0.29) is 31.3 Å². The molecule has 1 fully saturated rings. The van der Waals surface area contributed by atoms with Crippen LogP contribution in [0.4, 0.5) is 5.69 Å². The van der Waals surface area contributed by atoms with Crippen molar-refractivity contribution in [3.8, 4) is 5.75 Å². The van der Waals surface area contributed by atoms with Crippen molar-refractivity contribution >= 4 is 27.5 Å². The smallest absolute Gasteiger partial charge is 0.266 e. The first-order valence-electron chi connectivity index (χ1n) is 8.05. The minimum absolute atomic E-state index is 0.0714. The molecule has 0 aliphatic carbocycles. The van der Waals surface area contributed by atoms with E-state index in [1.54, 1.807) is 11.0 Å². The fraction of sp³-hybridized carbons (Fsp3) is 0.500. The molecule has 0 saturated carbocycles. The van der Waals surface area contributed by atoms with Crippen LogP contribution in [0.2, 0.25) is 0 Å². The standard InChI is InChI=1S/C16H21N3O5S/c1-11-3-4-13-12(9-11)17-16(21)14(24-13)10-15(20)18-5-7-19(8-6-18)25(2,22)23/h3-4,9,14H,5-8,10H2,1-2H3,(H,17,21). The van der Waals surface area contributed by atoms with Gasteiger partial charge in [0, 0.05) is 26.2 Å². The molecule has 8 nitrogen and oxygen atoms in total. The lowest BCUT2D eigenvalue weighted by atomic mass is 10.1. The van der Waals surface area contributed by atoms with Crippen molar-refractivity contribution in [2.75, 3.05) is 37.8 Å². The number of carbonyl (C=O) groups is 2. The number of piperazine rings is 1. The summed E-state index contributed by atoms with van der Waals surface area (Å²) in [4.78, 5) is 26.2. The van der Waals surface area contributed by atoms with Crippen molar-refractivity contribution in [3.05, 3.63) is 23.8 Å². The van der Waals surface area contributed by atoms with Crippen LogP contribution < -0.4 is 10.1 Å². The van der Waals surface area contributed by atoms with Crippen LogP contribution in [-0.4, -0.2) is 68.0 Å². The number of aryl methyl sites for hydroxylation is 1. The van der Waals surface area contributed by atoms with Gasteiger partial charge in [-0.25, -0.2) is 8.42 Å². The Labute approximate surface area is 146 Å². The number of nitrogens with zero attached hydrogens (tertiary/aromatic N) is 2. The Hall–Kier alpha value is -2.13. The molecular formula is C16H21N3O5S. The Morgan fingerprint density at radius 3 is 2.60 bits per heavy atom. The maximum atomic E-state index is 12.4. The summed E-state index contributed by atoms with van der Waals surface area (Å²) in [7, 11) is -3.24. The summed E-state index contributed by atoms with van der Waals surface area (Å²) in [6, 6.07) is 5.46. The van der Waals surface area contributed by atoms with E-state index < -0.39 is 16.1 Å². The van der Waals surface area contributed by atoms with Gasteiger partial charge in [0.1, 0.15) is 5.75 Å². The summed E-state index contributed by atoms with van der Waals surface area (Å²) in [6.07, 6.45) is 0.206. The summed E-state index contributed by atoms with van der Waals surface area (Å²) >= 11 is 0. The number of benzene rings is 1. The van der Waals surface area contributed by atoms with Gasteiger partial charge in [0.05, 0.1) is 18.4 Å². The van der Waals surface area contributed by atoms with E-state index in [1.807, 2.05) is 19.1 Å². The third kappa shape index (κ3) is 3.93. The van der Waals surface area contributed by atoms with Crippen molar-refractivity contribution < 1.29 is 22.7 Å². The van der Waals surface area contributed by atoms with Crippen LogP contribution in [-0.2, 0) is 19.6 Å². The molecule has 0 aromatic heterocycles. The van der Waals surface area contributed by atoms with Gasteiger partial charge in [-0.3, -0.25) is 9.59 Å². The molecule has 25 heavy (non-hydrogen) atoms. The number of carbonyl (C=O) groups excluding carboxylic acids is 2. The van der Waals surface area contributed by atoms with Gasteiger partial charge in [0.15, 0.2) is 6.10 Å². The van der Waals surface area contributed by atoms with Crippen molar-refractivity contribution in [1.29, 1.82) is 0 Å². The molecule has 9 heteroatoms. The number of amides is 2.